The van der Waals surface area contributed by atoms with E-state index in [0.29, 0.717) is 17.2 Å². The van der Waals surface area contributed by atoms with Crippen molar-refractivity contribution in [1.29, 1.82) is 0 Å². The topological polar surface area (TPSA) is 73.8 Å². The molecule has 24 heavy (non-hydrogen) atoms. The maximum Gasteiger partial charge on any atom is 0.250 e. The molecule has 0 saturated carbocycles. The Morgan fingerprint density at radius 2 is 1.62 bits per heavy atom. The van der Waals surface area contributed by atoms with Crippen LogP contribution in [0.15, 0.2) is 53.5 Å². The smallest absolute Gasteiger partial charge is 0.250 e. The van der Waals surface area contributed by atoms with Gasteiger partial charge in [-0.05, 0) is 26.8 Å². The molecule has 5 nitrogen and oxygen atoms in total. The maximum absolute atomic E-state index is 12.0. The van der Waals surface area contributed by atoms with Crippen molar-refractivity contribution in [3.8, 4) is 22.5 Å². The van der Waals surface area contributed by atoms with Gasteiger partial charge in [-0.25, -0.2) is 9.97 Å². The first kappa shape index (κ1) is 15.9. The number of nitrogen functional groups attached to an aromatic ring is 1. The molecule has 0 fully saturated rings. The Bertz CT molecular complexity index is 930. The number of benzene rings is 1. The van der Waals surface area contributed by atoms with Gasteiger partial charge < -0.3 is 10.3 Å². The summed E-state index contributed by atoms with van der Waals surface area (Å²) in [7, 11) is 0. The molecule has 3 rings (SSSR count). The number of aryl methyl sites for hydroxylation is 1. The standard InChI is InChI=1S/C19H20N4O/c1-12(2)23-11-15(9-10-16(23)24)18-17(14-7-5-4-6-8-14)22-19(20)13(3)21-18/h4-12H,1-3H3,(H2,20,22). The summed E-state index contributed by atoms with van der Waals surface area (Å²) < 4.78 is 1.69. The summed E-state index contributed by atoms with van der Waals surface area (Å²) in [5, 5.41) is 0. The van der Waals surface area contributed by atoms with Crippen molar-refractivity contribution >= 4 is 5.82 Å². The van der Waals surface area contributed by atoms with Gasteiger partial charge in [0, 0.05) is 29.4 Å². The zero-order chi connectivity index (χ0) is 17.3. The highest BCUT2D eigenvalue weighted by atomic mass is 16.1. The Balaban J connectivity index is 2.27. The van der Waals surface area contributed by atoms with Crippen LogP contribution < -0.4 is 11.3 Å². The van der Waals surface area contributed by atoms with Gasteiger partial charge in [0.15, 0.2) is 0 Å². The minimum absolute atomic E-state index is 0.0323. The van der Waals surface area contributed by atoms with Crippen molar-refractivity contribution in [2.45, 2.75) is 26.8 Å². The van der Waals surface area contributed by atoms with Crippen LogP contribution in [0.1, 0.15) is 25.6 Å². The number of hydrogen-bond acceptors (Lipinski definition) is 4. The summed E-state index contributed by atoms with van der Waals surface area (Å²) in [6, 6.07) is 13.2. The Labute approximate surface area is 140 Å². The lowest BCUT2D eigenvalue weighted by Crippen LogP contribution is -2.20. The van der Waals surface area contributed by atoms with Crippen LogP contribution in [0, 0.1) is 6.92 Å². The fraction of sp³-hybridized carbons (Fsp3) is 0.211. The van der Waals surface area contributed by atoms with E-state index in [1.807, 2.05) is 57.3 Å². The molecule has 0 radical (unpaired) electrons. The van der Waals surface area contributed by atoms with Gasteiger partial charge >= 0.3 is 0 Å². The van der Waals surface area contributed by atoms with Gasteiger partial charge in [-0.3, -0.25) is 4.79 Å². The minimum atomic E-state index is -0.0323. The normalized spacial score (nSPS) is 11.0. The molecular formula is C19H20N4O. The molecule has 0 atom stereocenters. The molecule has 0 spiro atoms. The fourth-order valence-corrected chi connectivity index (χ4v) is 2.58. The van der Waals surface area contributed by atoms with Gasteiger partial charge in [0.25, 0.3) is 5.56 Å². The largest absolute Gasteiger partial charge is 0.382 e. The highest BCUT2D eigenvalue weighted by molar-refractivity contribution is 5.78. The van der Waals surface area contributed by atoms with Crippen molar-refractivity contribution < 1.29 is 0 Å². The van der Waals surface area contributed by atoms with Gasteiger partial charge in [-0.2, -0.15) is 0 Å². The summed E-state index contributed by atoms with van der Waals surface area (Å²) in [4.78, 5) is 21.2. The summed E-state index contributed by atoms with van der Waals surface area (Å²) in [6.07, 6.45) is 1.83. The van der Waals surface area contributed by atoms with Gasteiger partial charge in [0.1, 0.15) is 5.82 Å². The molecule has 0 saturated heterocycles. The molecule has 0 amide bonds. The van der Waals surface area contributed by atoms with E-state index in [-0.39, 0.29) is 11.6 Å². The van der Waals surface area contributed by atoms with Crippen LogP contribution in [-0.2, 0) is 0 Å². The first-order chi connectivity index (χ1) is 11.5. The molecule has 0 unspecified atom stereocenters. The fourth-order valence-electron chi connectivity index (χ4n) is 2.58. The highest BCUT2D eigenvalue weighted by Gasteiger charge is 2.15. The number of hydrogen-bond donors (Lipinski definition) is 1. The number of pyridine rings is 1. The molecular weight excluding hydrogens is 300 g/mol. The first-order valence-electron chi connectivity index (χ1n) is 7.89. The van der Waals surface area contributed by atoms with E-state index in [4.69, 9.17) is 5.73 Å². The Morgan fingerprint density at radius 3 is 2.29 bits per heavy atom. The quantitative estimate of drug-likeness (QED) is 0.802. The second-order valence-electron chi connectivity index (χ2n) is 6.01. The van der Waals surface area contributed by atoms with E-state index < -0.39 is 0 Å². The second-order valence-corrected chi connectivity index (χ2v) is 6.01. The average molecular weight is 320 g/mol. The molecule has 0 aliphatic rings. The van der Waals surface area contributed by atoms with E-state index in [1.165, 1.54) is 0 Å². The lowest BCUT2D eigenvalue weighted by Gasteiger charge is -2.14. The summed E-state index contributed by atoms with van der Waals surface area (Å²) >= 11 is 0. The van der Waals surface area contributed by atoms with Gasteiger partial charge in [-0.15, -0.1) is 0 Å². The minimum Gasteiger partial charge on any atom is -0.382 e. The molecule has 0 aliphatic carbocycles. The first-order valence-corrected chi connectivity index (χ1v) is 7.89. The Kier molecular flexibility index (Phi) is 4.16. The molecule has 0 bridgehead atoms. The predicted molar refractivity (Wildman–Crippen MR) is 96.7 cm³/mol. The third kappa shape index (κ3) is 2.93. The van der Waals surface area contributed by atoms with Crippen LogP contribution in [0.3, 0.4) is 0 Å². The second kappa shape index (κ2) is 6.28. The van der Waals surface area contributed by atoms with Crippen molar-refractivity contribution in [2.24, 2.45) is 0 Å². The highest BCUT2D eigenvalue weighted by Crippen LogP contribution is 2.30. The third-order valence-corrected chi connectivity index (χ3v) is 3.92. The van der Waals surface area contributed by atoms with E-state index in [2.05, 4.69) is 9.97 Å². The van der Waals surface area contributed by atoms with E-state index >= 15 is 0 Å². The molecule has 122 valence electrons. The number of nitrogens with zero attached hydrogens (tertiary/aromatic N) is 3. The number of rotatable bonds is 3. The lowest BCUT2D eigenvalue weighted by molar-refractivity contribution is 0.579. The maximum atomic E-state index is 12.0. The lowest BCUT2D eigenvalue weighted by atomic mass is 10.0. The van der Waals surface area contributed by atoms with E-state index in [0.717, 1.165) is 16.8 Å². The molecule has 2 heterocycles. The van der Waals surface area contributed by atoms with E-state index in [9.17, 15) is 4.79 Å². The van der Waals surface area contributed by atoms with Crippen molar-refractivity contribution in [3.05, 3.63) is 64.7 Å². The van der Waals surface area contributed by atoms with Crippen LogP contribution in [0.2, 0.25) is 0 Å². The van der Waals surface area contributed by atoms with Gasteiger partial charge in [-0.1, -0.05) is 30.3 Å². The molecule has 5 heteroatoms. The van der Waals surface area contributed by atoms with Crippen LogP contribution in [-0.4, -0.2) is 14.5 Å². The van der Waals surface area contributed by atoms with Crippen molar-refractivity contribution in [2.75, 3.05) is 5.73 Å². The third-order valence-electron chi connectivity index (χ3n) is 3.92. The zero-order valence-electron chi connectivity index (χ0n) is 14.0. The monoisotopic (exact) mass is 320 g/mol. The summed E-state index contributed by atoms with van der Waals surface area (Å²) in [5.74, 6) is 0.412. The zero-order valence-corrected chi connectivity index (χ0v) is 14.0. The van der Waals surface area contributed by atoms with Crippen molar-refractivity contribution in [3.63, 3.8) is 0 Å². The van der Waals surface area contributed by atoms with Gasteiger partial charge in [0.05, 0.1) is 17.1 Å². The molecule has 2 aromatic heterocycles. The number of nitrogens with two attached hydrogens (primary N) is 1. The van der Waals surface area contributed by atoms with Crippen LogP contribution in [0.5, 0.6) is 0 Å². The van der Waals surface area contributed by atoms with E-state index in [1.54, 1.807) is 16.7 Å². The van der Waals surface area contributed by atoms with Crippen molar-refractivity contribution in [1.82, 2.24) is 14.5 Å². The van der Waals surface area contributed by atoms with Crippen LogP contribution in [0.4, 0.5) is 5.82 Å². The Morgan fingerprint density at radius 1 is 0.958 bits per heavy atom. The average Bonchev–Trinajstić information content (AvgIpc) is 2.58. The molecule has 3 aromatic rings. The Hall–Kier alpha value is -2.95. The molecule has 2 N–H and O–H groups in total. The molecule has 0 aliphatic heterocycles. The predicted octanol–water partition coefficient (Wildman–Crippen LogP) is 3.44. The van der Waals surface area contributed by atoms with Gasteiger partial charge in [0.2, 0.25) is 0 Å². The summed E-state index contributed by atoms with van der Waals surface area (Å²) in [5.41, 5.74) is 9.84. The summed E-state index contributed by atoms with van der Waals surface area (Å²) in [6.45, 7) is 5.78. The molecule has 1 aromatic carbocycles. The number of anilines is 1. The number of aromatic nitrogens is 3. The SMILES string of the molecule is Cc1nc(-c2ccc(=O)n(C(C)C)c2)c(-c2ccccc2)nc1N. The van der Waals surface area contributed by atoms with Crippen LogP contribution >= 0.6 is 0 Å². The van der Waals surface area contributed by atoms with Crippen LogP contribution in [0.25, 0.3) is 22.5 Å².